The van der Waals surface area contributed by atoms with Crippen molar-refractivity contribution in [2.75, 3.05) is 11.9 Å². The summed E-state index contributed by atoms with van der Waals surface area (Å²) in [4.78, 5) is 49.2. The first-order valence-electron chi connectivity index (χ1n) is 7.79. The van der Waals surface area contributed by atoms with Crippen LogP contribution in [0.15, 0.2) is 18.2 Å². The van der Waals surface area contributed by atoms with Crippen LogP contribution in [0.5, 0.6) is 0 Å². The summed E-state index contributed by atoms with van der Waals surface area (Å²) < 4.78 is 0. The zero-order valence-electron chi connectivity index (χ0n) is 13.1. The highest BCUT2D eigenvalue weighted by atomic mass is 35.5. The summed E-state index contributed by atoms with van der Waals surface area (Å²) in [6, 6.07) is 3.24. The molecule has 3 rings (SSSR count). The molecule has 0 aliphatic carbocycles. The normalized spacial score (nSPS) is 21.9. The van der Waals surface area contributed by atoms with Gasteiger partial charge >= 0.3 is 5.97 Å². The van der Waals surface area contributed by atoms with E-state index in [1.807, 2.05) is 0 Å². The van der Waals surface area contributed by atoms with Crippen molar-refractivity contribution in [3.63, 3.8) is 0 Å². The molecule has 2 aliphatic rings. The van der Waals surface area contributed by atoms with E-state index in [1.54, 1.807) is 12.1 Å². The van der Waals surface area contributed by atoms with Gasteiger partial charge in [0.15, 0.2) is 0 Å². The molecule has 0 radical (unpaired) electrons. The molecule has 2 atom stereocenters. The standard InChI is InChI=1S/C16H16ClN3O5/c17-8-1-2-9-11(7-8)19-15(24)14-10(5-6-20(14)16(9)25)18-12(21)3-4-13(22)23/h1-2,7,10,14H,3-6H2,(H,18,21)(H,19,24)(H,22,23)/t10-,14-/m0/s1. The Morgan fingerprint density at radius 2 is 2.08 bits per heavy atom. The number of hydrogen-bond donors (Lipinski definition) is 3. The molecule has 8 nitrogen and oxygen atoms in total. The number of nitrogens with one attached hydrogen (secondary N) is 2. The first-order chi connectivity index (χ1) is 11.9. The lowest BCUT2D eigenvalue weighted by Crippen LogP contribution is -2.51. The molecule has 0 aromatic heterocycles. The van der Waals surface area contributed by atoms with Gasteiger partial charge in [-0.15, -0.1) is 0 Å². The molecule has 0 bridgehead atoms. The van der Waals surface area contributed by atoms with E-state index >= 15 is 0 Å². The van der Waals surface area contributed by atoms with Gasteiger partial charge in [-0.25, -0.2) is 0 Å². The minimum atomic E-state index is -1.07. The van der Waals surface area contributed by atoms with E-state index in [4.69, 9.17) is 16.7 Å². The fourth-order valence-corrected chi connectivity index (χ4v) is 3.33. The first kappa shape index (κ1) is 17.2. The number of amides is 3. The second-order valence-corrected chi connectivity index (χ2v) is 6.42. The lowest BCUT2D eigenvalue weighted by molar-refractivity contribution is -0.139. The van der Waals surface area contributed by atoms with Crippen molar-refractivity contribution in [3.8, 4) is 0 Å². The molecule has 1 aromatic carbocycles. The molecule has 0 spiro atoms. The Balaban J connectivity index is 1.79. The molecular weight excluding hydrogens is 350 g/mol. The van der Waals surface area contributed by atoms with Gasteiger partial charge in [0.2, 0.25) is 11.8 Å². The quantitative estimate of drug-likeness (QED) is 0.731. The Morgan fingerprint density at radius 3 is 2.80 bits per heavy atom. The average molecular weight is 366 g/mol. The zero-order valence-corrected chi connectivity index (χ0v) is 13.9. The first-order valence-corrected chi connectivity index (χ1v) is 8.17. The molecule has 2 aliphatic heterocycles. The maximum Gasteiger partial charge on any atom is 0.303 e. The van der Waals surface area contributed by atoms with E-state index in [1.165, 1.54) is 11.0 Å². The molecule has 132 valence electrons. The summed E-state index contributed by atoms with van der Waals surface area (Å²) in [6.45, 7) is 0.322. The molecule has 25 heavy (non-hydrogen) atoms. The Hall–Kier alpha value is -2.61. The van der Waals surface area contributed by atoms with Crippen molar-refractivity contribution >= 4 is 41.0 Å². The lowest BCUT2D eigenvalue weighted by atomic mass is 10.1. The lowest BCUT2D eigenvalue weighted by Gasteiger charge is -2.24. The minimum absolute atomic E-state index is 0.177. The predicted octanol–water partition coefficient (Wildman–Crippen LogP) is 0.856. The van der Waals surface area contributed by atoms with Gasteiger partial charge in [0.1, 0.15) is 6.04 Å². The molecular formula is C16H16ClN3O5. The number of rotatable bonds is 4. The molecule has 1 saturated heterocycles. The summed E-state index contributed by atoms with van der Waals surface area (Å²) in [6.07, 6.45) is -0.0441. The van der Waals surface area contributed by atoms with E-state index in [0.717, 1.165) is 0 Å². The zero-order chi connectivity index (χ0) is 18.1. The molecule has 0 unspecified atom stereocenters. The second kappa shape index (κ2) is 6.72. The molecule has 1 aromatic rings. The molecule has 9 heteroatoms. The van der Waals surface area contributed by atoms with E-state index < -0.39 is 29.9 Å². The fourth-order valence-electron chi connectivity index (χ4n) is 3.16. The summed E-state index contributed by atoms with van der Waals surface area (Å²) in [7, 11) is 0. The van der Waals surface area contributed by atoms with Crippen molar-refractivity contribution in [1.82, 2.24) is 10.2 Å². The molecule has 3 amide bonds. The monoisotopic (exact) mass is 365 g/mol. The summed E-state index contributed by atoms with van der Waals surface area (Å²) in [5.74, 6) is -2.25. The average Bonchev–Trinajstić information content (AvgIpc) is 2.92. The number of hydrogen-bond acceptors (Lipinski definition) is 4. The number of halogens is 1. The largest absolute Gasteiger partial charge is 0.481 e. The number of carboxylic acids is 1. The van der Waals surface area contributed by atoms with Crippen LogP contribution in [0.3, 0.4) is 0 Å². The molecule has 2 heterocycles. The Bertz CT molecular complexity index is 766. The summed E-state index contributed by atoms with van der Waals surface area (Å²) in [5, 5.41) is 14.4. The van der Waals surface area contributed by atoms with Crippen molar-refractivity contribution in [2.45, 2.75) is 31.3 Å². The van der Waals surface area contributed by atoms with Gasteiger partial charge in [-0.2, -0.15) is 0 Å². The van der Waals surface area contributed by atoms with Crippen molar-refractivity contribution in [2.24, 2.45) is 0 Å². The number of nitrogens with zero attached hydrogens (tertiary/aromatic N) is 1. The number of fused-ring (bicyclic) bond motifs is 2. The van der Waals surface area contributed by atoms with Crippen LogP contribution < -0.4 is 10.6 Å². The van der Waals surface area contributed by atoms with Gasteiger partial charge in [0.25, 0.3) is 5.91 Å². The van der Waals surface area contributed by atoms with Gasteiger partial charge in [0, 0.05) is 18.0 Å². The highest BCUT2D eigenvalue weighted by Gasteiger charge is 2.45. The van der Waals surface area contributed by atoms with Crippen LogP contribution in [0.1, 0.15) is 29.6 Å². The third-order valence-corrected chi connectivity index (χ3v) is 4.54. The van der Waals surface area contributed by atoms with Crippen LogP contribution in [0, 0.1) is 0 Å². The number of carboxylic acid groups (broad SMARTS) is 1. The number of benzene rings is 1. The van der Waals surface area contributed by atoms with Gasteiger partial charge in [-0.1, -0.05) is 11.6 Å². The van der Waals surface area contributed by atoms with E-state index in [0.29, 0.717) is 29.2 Å². The fraction of sp³-hybridized carbons (Fsp3) is 0.375. The van der Waals surface area contributed by atoms with Crippen LogP contribution in [0.4, 0.5) is 5.69 Å². The summed E-state index contributed by atoms with van der Waals surface area (Å²) in [5.41, 5.74) is 0.686. The van der Waals surface area contributed by atoms with Crippen LogP contribution >= 0.6 is 11.6 Å². The third kappa shape index (κ3) is 3.43. The van der Waals surface area contributed by atoms with E-state index in [9.17, 15) is 19.2 Å². The van der Waals surface area contributed by atoms with Crippen LogP contribution in [0.25, 0.3) is 0 Å². The highest BCUT2D eigenvalue weighted by molar-refractivity contribution is 6.31. The maximum absolute atomic E-state index is 12.7. The van der Waals surface area contributed by atoms with Crippen molar-refractivity contribution < 1.29 is 24.3 Å². The van der Waals surface area contributed by atoms with E-state index in [2.05, 4.69) is 10.6 Å². The van der Waals surface area contributed by atoms with Crippen LogP contribution in [-0.4, -0.2) is 52.3 Å². The number of aliphatic carboxylic acids is 1. The van der Waals surface area contributed by atoms with Gasteiger partial charge in [-0.3, -0.25) is 19.2 Å². The number of carbonyl (C=O) groups is 4. The molecule has 1 fully saturated rings. The Kier molecular flexibility index (Phi) is 4.63. The molecule has 3 N–H and O–H groups in total. The summed E-state index contributed by atoms with van der Waals surface area (Å²) >= 11 is 5.92. The second-order valence-electron chi connectivity index (χ2n) is 5.98. The Labute approximate surface area is 148 Å². The van der Waals surface area contributed by atoms with Crippen molar-refractivity contribution in [1.29, 1.82) is 0 Å². The van der Waals surface area contributed by atoms with Crippen LogP contribution in [-0.2, 0) is 14.4 Å². The minimum Gasteiger partial charge on any atom is -0.481 e. The smallest absolute Gasteiger partial charge is 0.303 e. The van der Waals surface area contributed by atoms with Crippen molar-refractivity contribution in [3.05, 3.63) is 28.8 Å². The maximum atomic E-state index is 12.7. The number of carbonyl (C=O) groups excluding carboxylic acids is 3. The van der Waals surface area contributed by atoms with Gasteiger partial charge in [-0.05, 0) is 24.6 Å². The van der Waals surface area contributed by atoms with Crippen LogP contribution in [0.2, 0.25) is 5.02 Å². The topological polar surface area (TPSA) is 116 Å². The van der Waals surface area contributed by atoms with Gasteiger partial charge in [0.05, 0.1) is 23.7 Å². The predicted molar refractivity (Wildman–Crippen MR) is 88.3 cm³/mol. The number of anilines is 1. The Morgan fingerprint density at radius 1 is 1.32 bits per heavy atom. The highest BCUT2D eigenvalue weighted by Crippen LogP contribution is 2.30. The molecule has 0 saturated carbocycles. The van der Waals surface area contributed by atoms with Gasteiger partial charge < -0.3 is 20.6 Å². The van der Waals surface area contributed by atoms with E-state index in [-0.39, 0.29) is 18.7 Å². The third-order valence-electron chi connectivity index (χ3n) is 4.31. The SMILES string of the molecule is O=C(O)CCC(=O)N[C@H]1CCN2C(=O)c3ccc(Cl)cc3NC(=O)[C@H]12.